The number of nitrogens with zero attached hydrogens (tertiary/aromatic N) is 1. The minimum atomic E-state index is -0.989. The molecule has 0 saturated carbocycles. The third-order valence-electron chi connectivity index (χ3n) is 2.94. The maximum absolute atomic E-state index is 11.9. The molecule has 0 aromatic rings. The summed E-state index contributed by atoms with van der Waals surface area (Å²) in [4.78, 5) is 24.5. The van der Waals surface area contributed by atoms with Crippen molar-refractivity contribution in [2.75, 3.05) is 13.1 Å². The molecule has 0 spiro atoms. The Labute approximate surface area is 107 Å². The minimum absolute atomic E-state index is 0.0833. The van der Waals surface area contributed by atoms with Gasteiger partial charge in [0.2, 0.25) is 0 Å². The fourth-order valence-electron chi connectivity index (χ4n) is 2.23. The van der Waals surface area contributed by atoms with Gasteiger partial charge in [-0.05, 0) is 46.1 Å². The molecule has 1 saturated heterocycles. The molecule has 1 heterocycles. The van der Waals surface area contributed by atoms with Crippen LogP contribution in [0.15, 0.2) is 0 Å². The summed E-state index contributed by atoms with van der Waals surface area (Å²) in [5.74, 6) is -1.07. The summed E-state index contributed by atoms with van der Waals surface area (Å²) in [5, 5.41) is 9.24. The number of carbonyl (C=O) groups excluding carboxylic acids is 1. The molecule has 2 atom stereocenters. The number of carboxylic acids is 1. The van der Waals surface area contributed by atoms with Gasteiger partial charge >= 0.3 is 12.1 Å². The number of carbonyl (C=O) groups is 2. The molecule has 1 fully saturated rings. The zero-order chi connectivity index (χ0) is 13.9. The monoisotopic (exact) mass is 258 g/mol. The molecule has 3 N–H and O–H groups in total. The second kappa shape index (κ2) is 5.56. The van der Waals surface area contributed by atoms with E-state index in [0.29, 0.717) is 25.9 Å². The van der Waals surface area contributed by atoms with Crippen molar-refractivity contribution in [1.29, 1.82) is 0 Å². The van der Waals surface area contributed by atoms with E-state index in [9.17, 15) is 14.7 Å². The van der Waals surface area contributed by atoms with Gasteiger partial charge in [-0.3, -0.25) is 4.90 Å². The molecule has 1 rings (SSSR count). The van der Waals surface area contributed by atoms with Crippen LogP contribution in [0, 0.1) is 5.92 Å². The van der Waals surface area contributed by atoms with Crippen LogP contribution in [0.25, 0.3) is 0 Å². The number of nitrogens with two attached hydrogens (primary N) is 1. The fourth-order valence-corrected chi connectivity index (χ4v) is 2.23. The van der Waals surface area contributed by atoms with E-state index in [1.54, 1.807) is 20.8 Å². The first-order valence-corrected chi connectivity index (χ1v) is 6.18. The Morgan fingerprint density at radius 2 is 2.06 bits per heavy atom. The van der Waals surface area contributed by atoms with Gasteiger partial charge in [-0.25, -0.2) is 9.59 Å². The Kier molecular flexibility index (Phi) is 4.56. The first-order chi connectivity index (χ1) is 8.26. The Bertz CT molecular complexity index is 325. The Morgan fingerprint density at radius 1 is 1.44 bits per heavy atom. The second-order valence-electron chi connectivity index (χ2n) is 5.58. The first-order valence-electron chi connectivity index (χ1n) is 6.18. The third-order valence-corrected chi connectivity index (χ3v) is 2.94. The highest BCUT2D eigenvalue weighted by atomic mass is 16.6. The van der Waals surface area contributed by atoms with Crippen LogP contribution < -0.4 is 5.73 Å². The first kappa shape index (κ1) is 14.8. The molecule has 6 heteroatoms. The molecule has 0 aliphatic carbocycles. The molecule has 18 heavy (non-hydrogen) atoms. The summed E-state index contributed by atoms with van der Waals surface area (Å²) < 4.78 is 5.22. The zero-order valence-corrected chi connectivity index (χ0v) is 11.2. The number of rotatable bonds is 3. The van der Waals surface area contributed by atoms with Crippen molar-refractivity contribution in [2.24, 2.45) is 11.7 Å². The van der Waals surface area contributed by atoms with E-state index in [-0.39, 0.29) is 5.92 Å². The van der Waals surface area contributed by atoms with Crippen LogP contribution in [0.5, 0.6) is 0 Å². The lowest BCUT2D eigenvalue weighted by Gasteiger charge is -2.28. The van der Waals surface area contributed by atoms with Crippen molar-refractivity contribution in [3.63, 3.8) is 0 Å². The quantitative estimate of drug-likeness (QED) is 0.789. The smallest absolute Gasteiger partial charge is 0.411 e. The van der Waals surface area contributed by atoms with E-state index in [1.165, 1.54) is 4.90 Å². The topological polar surface area (TPSA) is 92.9 Å². The number of amides is 1. The van der Waals surface area contributed by atoms with E-state index in [4.69, 9.17) is 10.5 Å². The highest BCUT2D eigenvalue weighted by molar-refractivity contribution is 5.81. The average Bonchev–Trinajstić information content (AvgIpc) is 2.59. The summed E-state index contributed by atoms with van der Waals surface area (Å²) in [6.45, 7) is 6.11. The number of hydrogen-bond acceptors (Lipinski definition) is 4. The van der Waals surface area contributed by atoms with Crippen LogP contribution in [0.3, 0.4) is 0 Å². The van der Waals surface area contributed by atoms with Crippen LogP contribution in [-0.2, 0) is 9.53 Å². The maximum Gasteiger partial charge on any atom is 0.411 e. The molecule has 104 valence electrons. The summed E-state index contributed by atoms with van der Waals surface area (Å²) in [6, 6.07) is -0.816. The summed E-state index contributed by atoms with van der Waals surface area (Å²) in [5.41, 5.74) is 4.85. The predicted molar refractivity (Wildman–Crippen MR) is 66.1 cm³/mol. The second-order valence-corrected chi connectivity index (χ2v) is 5.58. The lowest BCUT2D eigenvalue weighted by atomic mass is 9.97. The highest BCUT2D eigenvalue weighted by Crippen LogP contribution is 2.28. The molecular weight excluding hydrogens is 236 g/mol. The largest absolute Gasteiger partial charge is 0.480 e. The van der Waals surface area contributed by atoms with E-state index in [0.717, 1.165) is 0 Å². The van der Waals surface area contributed by atoms with Crippen LogP contribution in [0.4, 0.5) is 4.79 Å². The molecule has 0 unspecified atom stereocenters. The maximum atomic E-state index is 11.9. The minimum Gasteiger partial charge on any atom is -0.480 e. The van der Waals surface area contributed by atoms with Crippen LogP contribution >= 0.6 is 0 Å². The molecule has 1 aliphatic rings. The van der Waals surface area contributed by atoms with Gasteiger partial charge in [0, 0.05) is 6.54 Å². The molecule has 6 nitrogen and oxygen atoms in total. The van der Waals surface area contributed by atoms with Crippen LogP contribution in [-0.4, -0.2) is 46.8 Å². The standard InChI is InChI=1S/C12H22N2O4/c1-12(2,3)18-11(17)14-7-5-8(4-6-13)9(14)10(15)16/h8-9H,4-7,13H2,1-3H3,(H,15,16)/t8-,9+/m1/s1. The van der Waals surface area contributed by atoms with Crippen LogP contribution in [0.2, 0.25) is 0 Å². The zero-order valence-electron chi connectivity index (χ0n) is 11.2. The van der Waals surface area contributed by atoms with Gasteiger partial charge in [0.1, 0.15) is 11.6 Å². The third kappa shape index (κ3) is 3.60. The van der Waals surface area contributed by atoms with Crippen molar-refractivity contribution in [3.05, 3.63) is 0 Å². The number of likely N-dealkylation sites (tertiary alicyclic amines) is 1. The lowest BCUT2D eigenvalue weighted by Crippen LogP contribution is -2.45. The SMILES string of the molecule is CC(C)(C)OC(=O)N1CC[C@@H](CCN)[C@H]1C(=O)O. The molecule has 0 aromatic heterocycles. The van der Waals surface area contributed by atoms with E-state index in [2.05, 4.69) is 0 Å². The van der Waals surface area contributed by atoms with Crippen molar-refractivity contribution in [2.45, 2.75) is 45.3 Å². The van der Waals surface area contributed by atoms with Crippen molar-refractivity contribution in [1.82, 2.24) is 4.90 Å². The van der Waals surface area contributed by atoms with Crippen molar-refractivity contribution >= 4 is 12.1 Å². The summed E-state index contributed by atoms with van der Waals surface area (Å²) in [6.07, 6.45) is 0.707. The number of aliphatic carboxylic acids is 1. The van der Waals surface area contributed by atoms with Crippen molar-refractivity contribution in [3.8, 4) is 0 Å². The van der Waals surface area contributed by atoms with Gasteiger partial charge in [-0.15, -0.1) is 0 Å². The Morgan fingerprint density at radius 3 is 2.50 bits per heavy atom. The van der Waals surface area contributed by atoms with E-state index in [1.807, 2.05) is 0 Å². The Balaban J connectivity index is 2.76. The van der Waals surface area contributed by atoms with Gasteiger partial charge < -0.3 is 15.6 Å². The average molecular weight is 258 g/mol. The number of ether oxygens (including phenoxy) is 1. The van der Waals surface area contributed by atoms with Crippen molar-refractivity contribution < 1.29 is 19.4 Å². The predicted octanol–water partition coefficient (Wildman–Crippen LogP) is 1.05. The molecule has 0 radical (unpaired) electrons. The van der Waals surface area contributed by atoms with E-state index < -0.39 is 23.7 Å². The number of hydrogen-bond donors (Lipinski definition) is 2. The molecule has 0 aromatic carbocycles. The van der Waals surface area contributed by atoms with Gasteiger partial charge in [-0.1, -0.05) is 0 Å². The van der Waals surface area contributed by atoms with Gasteiger partial charge in [0.15, 0.2) is 0 Å². The van der Waals surface area contributed by atoms with Gasteiger partial charge in [0.25, 0.3) is 0 Å². The normalized spacial score (nSPS) is 24.1. The fraction of sp³-hybridized carbons (Fsp3) is 0.833. The molecular formula is C12H22N2O4. The van der Waals surface area contributed by atoms with Gasteiger partial charge in [-0.2, -0.15) is 0 Å². The summed E-state index contributed by atoms with van der Waals surface area (Å²) in [7, 11) is 0. The molecule has 1 aliphatic heterocycles. The van der Waals surface area contributed by atoms with E-state index >= 15 is 0 Å². The highest BCUT2D eigenvalue weighted by Gasteiger charge is 2.42. The molecule has 1 amide bonds. The Hall–Kier alpha value is -1.30. The molecule has 0 bridgehead atoms. The van der Waals surface area contributed by atoms with Crippen LogP contribution in [0.1, 0.15) is 33.6 Å². The number of carboxylic acid groups (broad SMARTS) is 1. The lowest BCUT2D eigenvalue weighted by molar-refractivity contribution is -0.143. The summed E-state index contributed by atoms with van der Waals surface area (Å²) >= 11 is 0. The van der Waals surface area contributed by atoms with Gasteiger partial charge in [0.05, 0.1) is 0 Å².